The number of fused-ring (bicyclic) bond motifs is 5. The first-order valence-corrected chi connectivity index (χ1v) is 19.6. The molecule has 0 bridgehead atoms. The maximum Gasteiger partial charge on any atom is 0.264 e. The predicted octanol–water partition coefficient (Wildman–Crippen LogP) is 7.44. The van der Waals surface area contributed by atoms with Gasteiger partial charge in [-0.15, -0.1) is 0 Å². The molecule has 8 atom stereocenters. The molecule has 256 valence electrons. The molecule has 0 saturated heterocycles. The Labute approximate surface area is 269 Å². The van der Waals surface area contributed by atoms with E-state index in [4.69, 9.17) is 18.9 Å². The topological polar surface area (TPSA) is 80.3 Å². The lowest BCUT2D eigenvalue weighted by atomic mass is 9.47. The van der Waals surface area contributed by atoms with Crippen LogP contribution in [0.3, 0.4) is 0 Å². The van der Waals surface area contributed by atoms with Gasteiger partial charge in [-0.3, -0.25) is 4.18 Å². The Morgan fingerprint density at radius 2 is 1.48 bits per heavy atom. The molecule has 44 heavy (non-hydrogen) atoms. The van der Waals surface area contributed by atoms with E-state index in [-0.39, 0.29) is 13.2 Å². The van der Waals surface area contributed by atoms with Gasteiger partial charge in [-0.1, -0.05) is 65.5 Å². The van der Waals surface area contributed by atoms with Gasteiger partial charge in [-0.05, 0) is 97.7 Å². The fourth-order valence-electron chi connectivity index (χ4n) is 9.85. The second kappa shape index (κ2) is 16.5. The standard InChI is InChI=1S/C36H64O7S/c1-27(2)8-7-9-28(3)32-12-13-33-31-11-10-29-26-30(14-16-35(29,4)34(31)15-17-36(32,33)5)42-24-22-40-20-18-39-19-21-41-23-25-43-44(6,37)38/h10,27-28,30-34H,7-9,11-26H2,1-6H3/t28-,30-,31+,32-,33+,34+,35+,36-/m1/s1. The number of hydrogen-bond acceptors (Lipinski definition) is 7. The van der Waals surface area contributed by atoms with E-state index >= 15 is 0 Å². The maximum absolute atomic E-state index is 10.9. The molecular formula is C36H64O7S. The molecule has 4 aliphatic rings. The van der Waals surface area contributed by atoms with Gasteiger partial charge in [0, 0.05) is 0 Å². The fourth-order valence-corrected chi connectivity index (χ4v) is 10.2. The van der Waals surface area contributed by atoms with Crippen molar-refractivity contribution in [2.24, 2.45) is 46.3 Å². The Morgan fingerprint density at radius 3 is 2.14 bits per heavy atom. The minimum atomic E-state index is -3.41. The van der Waals surface area contributed by atoms with Crippen LogP contribution < -0.4 is 0 Å². The van der Waals surface area contributed by atoms with Crippen LogP contribution in [0, 0.1) is 46.3 Å². The quantitative estimate of drug-likeness (QED) is 0.0825. The zero-order chi connectivity index (χ0) is 31.8. The highest BCUT2D eigenvalue weighted by Crippen LogP contribution is 2.67. The summed E-state index contributed by atoms with van der Waals surface area (Å²) in [6, 6.07) is 0. The zero-order valence-corrected chi connectivity index (χ0v) is 29.6. The van der Waals surface area contributed by atoms with E-state index < -0.39 is 10.1 Å². The van der Waals surface area contributed by atoms with Crippen molar-refractivity contribution in [3.63, 3.8) is 0 Å². The highest BCUT2D eigenvalue weighted by Gasteiger charge is 2.59. The highest BCUT2D eigenvalue weighted by atomic mass is 32.2. The van der Waals surface area contributed by atoms with Crippen LogP contribution in [-0.2, 0) is 33.2 Å². The van der Waals surface area contributed by atoms with E-state index in [1.54, 1.807) is 5.57 Å². The summed E-state index contributed by atoms with van der Waals surface area (Å²) >= 11 is 0. The van der Waals surface area contributed by atoms with Crippen LogP contribution in [0.2, 0.25) is 0 Å². The van der Waals surface area contributed by atoms with Crippen molar-refractivity contribution >= 4 is 10.1 Å². The third kappa shape index (κ3) is 9.53. The number of ether oxygens (including phenoxy) is 4. The molecule has 0 aliphatic heterocycles. The number of rotatable bonds is 19. The lowest BCUT2D eigenvalue weighted by Crippen LogP contribution is -2.51. The number of allylic oxidation sites excluding steroid dienone is 1. The van der Waals surface area contributed by atoms with E-state index in [2.05, 4.69) is 44.9 Å². The minimum absolute atomic E-state index is 0.0269. The van der Waals surface area contributed by atoms with Crippen molar-refractivity contribution in [3.8, 4) is 0 Å². The largest absolute Gasteiger partial charge is 0.377 e. The molecule has 7 nitrogen and oxygen atoms in total. The summed E-state index contributed by atoms with van der Waals surface area (Å²) in [7, 11) is -3.41. The molecule has 0 aromatic carbocycles. The third-order valence-corrected chi connectivity index (χ3v) is 12.7. The molecule has 0 unspecified atom stereocenters. The Bertz CT molecular complexity index is 1010. The molecule has 0 aromatic rings. The van der Waals surface area contributed by atoms with Crippen molar-refractivity contribution in [3.05, 3.63) is 11.6 Å². The third-order valence-electron chi connectivity index (χ3n) is 12.1. The summed E-state index contributed by atoms with van der Waals surface area (Å²) < 4.78 is 49.2. The van der Waals surface area contributed by atoms with Crippen LogP contribution in [0.25, 0.3) is 0 Å². The fraction of sp³-hybridized carbons (Fsp3) is 0.944. The SMILES string of the molecule is CC(C)CCC[C@@H](C)[C@H]1CC[C@H]2[C@@H]3CC=C4C[C@H](OCCOCCOCCOCCOS(C)(=O)=O)CC[C@]4(C)[C@H]3CC[C@]12C. The van der Waals surface area contributed by atoms with Crippen LogP contribution in [-0.4, -0.2) is 73.6 Å². The van der Waals surface area contributed by atoms with Crippen molar-refractivity contribution in [2.45, 2.75) is 111 Å². The molecule has 0 spiro atoms. The van der Waals surface area contributed by atoms with Gasteiger partial charge < -0.3 is 18.9 Å². The Balaban J connectivity index is 1.13. The molecule has 0 amide bonds. The van der Waals surface area contributed by atoms with Gasteiger partial charge >= 0.3 is 0 Å². The summed E-state index contributed by atoms with van der Waals surface area (Å²) in [6.07, 6.45) is 18.8. The average molecular weight is 641 g/mol. The number of hydrogen-bond donors (Lipinski definition) is 0. The van der Waals surface area contributed by atoms with Crippen LogP contribution in [0.5, 0.6) is 0 Å². The first kappa shape index (κ1) is 36.3. The van der Waals surface area contributed by atoms with Crippen LogP contribution in [0.15, 0.2) is 11.6 Å². The van der Waals surface area contributed by atoms with E-state index in [0.29, 0.717) is 56.6 Å². The highest BCUT2D eigenvalue weighted by molar-refractivity contribution is 7.85. The molecule has 8 heteroatoms. The summed E-state index contributed by atoms with van der Waals surface area (Å²) in [5.41, 5.74) is 2.61. The van der Waals surface area contributed by atoms with Crippen molar-refractivity contribution in [2.75, 3.05) is 59.1 Å². The zero-order valence-electron chi connectivity index (χ0n) is 28.8. The second-order valence-electron chi connectivity index (χ2n) is 15.4. The van der Waals surface area contributed by atoms with Gasteiger partial charge in [0.15, 0.2) is 0 Å². The smallest absolute Gasteiger partial charge is 0.264 e. The van der Waals surface area contributed by atoms with Gasteiger partial charge in [0.1, 0.15) is 0 Å². The Morgan fingerprint density at radius 1 is 0.818 bits per heavy atom. The summed E-state index contributed by atoms with van der Waals surface area (Å²) in [5.74, 6) is 5.27. The first-order valence-electron chi connectivity index (χ1n) is 17.8. The Hall–Kier alpha value is -0.510. The average Bonchev–Trinajstić information content (AvgIpc) is 3.32. The van der Waals surface area contributed by atoms with E-state index in [9.17, 15) is 8.42 Å². The first-order chi connectivity index (χ1) is 20.9. The lowest BCUT2D eigenvalue weighted by molar-refractivity contribution is -0.0691. The van der Waals surface area contributed by atoms with E-state index in [1.807, 2.05) is 0 Å². The van der Waals surface area contributed by atoms with Crippen molar-refractivity contribution in [1.82, 2.24) is 0 Å². The van der Waals surface area contributed by atoms with Crippen LogP contribution in [0.4, 0.5) is 0 Å². The molecule has 0 heterocycles. The van der Waals surface area contributed by atoms with Gasteiger partial charge in [0.05, 0.1) is 65.2 Å². The maximum atomic E-state index is 10.9. The molecular weight excluding hydrogens is 576 g/mol. The lowest BCUT2D eigenvalue weighted by Gasteiger charge is -2.58. The molecule has 0 aromatic heterocycles. The van der Waals surface area contributed by atoms with Gasteiger partial charge in [0.2, 0.25) is 0 Å². The van der Waals surface area contributed by atoms with Crippen molar-refractivity contribution < 1.29 is 31.5 Å². The van der Waals surface area contributed by atoms with Crippen LogP contribution in [0.1, 0.15) is 105 Å². The van der Waals surface area contributed by atoms with Gasteiger partial charge in [0.25, 0.3) is 10.1 Å². The Kier molecular flexibility index (Phi) is 13.7. The monoisotopic (exact) mass is 640 g/mol. The molecule has 0 radical (unpaired) electrons. The molecule has 4 rings (SSSR count). The van der Waals surface area contributed by atoms with E-state index in [0.717, 1.165) is 54.6 Å². The molecule has 3 fully saturated rings. The van der Waals surface area contributed by atoms with Crippen molar-refractivity contribution in [1.29, 1.82) is 0 Å². The molecule has 4 aliphatic carbocycles. The summed E-state index contributed by atoms with van der Waals surface area (Å²) in [6.45, 7) is 15.9. The molecule has 0 N–H and O–H groups in total. The molecule has 3 saturated carbocycles. The summed E-state index contributed by atoms with van der Waals surface area (Å²) in [4.78, 5) is 0. The normalized spacial score (nSPS) is 34.3. The van der Waals surface area contributed by atoms with Crippen LogP contribution >= 0.6 is 0 Å². The van der Waals surface area contributed by atoms with Gasteiger partial charge in [-0.2, -0.15) is 8.42 Å². The predicted molar refractivity (Wildman–Crippen MR) is 176 cm³/mol. The summed E-state index contributed by atoms with van der Waals surface area (Å²) in [5, 5.41) is 0. The second-order valence-corrected chi connectivity index (χ2v) is 17.0. The minimum Gasteiger partial charge on any atom is -0.377 e. The van der Waals surface area contributed by atoms with E-state index in [1.165, 1.54) is 57.8 Å². The van der Waals surface area contributed by atoms with Gasteiger partial charge in [-0.25, -0.2) is 0 Å².